The van der Waals surface area contributed by atoms with Crippen molar-refractivity contribution in [2.75, 3.05) is 7.11 Å². The Balaban J connectivity index is 2.59. The quantitative estimate of drug-likeness (QED) is 0.742. The lowest BCUT2D eigenvalue weighted by Crippen LogP contribution is -2.15. The summed E-state index contributed by atoms with van der Waals surface area (Å²) in [6, 6.07) is 7.71. The first-order valence-electron chi connectivity index (χ1n) is 5.35. The summed E-state index contributed by atoms with van der Waals surface area (Å²) in [7, 11) is 1.66. The van der Waals surface area contributed by atoms with E-state index in [0.29, 0.717) is 13.0 Å². The first kappa shape index (κ1) is 12.7. The van der Waals surface area contributed by atoms with Crippen molar-refractivity contribution >= 4 is 5.78 Å². The minimum atomic E-state index is -0.0877. The van der Waals surface area contributed by atoms with Gasteiger partial charge in [-0.2, -0.15) is 0 Å². The molecule has 1 aromatic rings. The van der Waals surface area contributed by atoms with Crippen LogP contribution in [0.3, 0.4) is 0 Å². The third-order valence-corrected chi connectivity index (χ3v) is 2.12. The van der Waals surface area contributed by atoms with Crippen LogP contribution in [0.5, 0.6) is 5.75 Å². The molecule has 0 saturated heterocycles. The molecule has 0 aliphatic heterocycles. The monoisotopic (exact) mass is 222 g/mol. The number of ketones is 1. The van der Waals surface area contributed by atoms with Gasteiger partial charge in [0.15, 0.2) is 0 Å². The Bertz CT molecular complexity index is 347. The molecule has 0 N–H and O–H groups in total. The molecule has 0 spiro atoms. The Morgan fingerprint density at radius 2 is 2.19 bits per heavy atom. The predicted molar refractivity (Wildman–Crippen MR) is 62.5 cm³/mol. The average Bonchev–Trinajstić information content (AvgIpc) is 2.17. The smallest absolute Gasteiger partial charge is 0.133 e. The van der Waals surface area contributed by atoms with E-state index in [2.05, 4.69) is 0 Å². The summed E-state index contributed by atoms with van der Waals surface area (Å²) in [6.07, 6.45) is 0.351. The van der Waals surface area contributed by atoms with Crippen molar-refractivity contribution in [2.24, 2.45) is 0 Å². The Hall–Kier alpha value is -1.35. The van der Waals surface area contributed by atoms with Crippen molar-refractivity contribution in [1.82, 2.24) is 0 Å². The summed E-state index contributed by atoms with van der Waals surface area (Å²) in [5.74, 6) is 0.920. The van der Waals surface area contributed by atoms with Crippen LogP contribution in [0.1, 0.15) is 25.8 Å². The summed E-state index contributed by atoms with van der Waals surface area (Å²) in [6.45, 7) is 4.03. The second kappa shape index (κ2) is 6.28. The number of hydrogen-bond donors (Lipinski definition) is 0. The predicted octanol–water partition coefficient (Wildman–Crippen LogP) is 2.58. The maximum absolute atomic E-state index is 10.9. The van der Waals surface area contributed by atoms with E-state index in [1.54, 1.807) is 14.0 Å². The minimum Gasteiger partial charge on any atom is -0.490 e. The number of methoxy groups -OCH3 is 1. The lowest BCUT2D eigenvalue weighted by molar-refractivity contribution is -0.118. The Morgan fingerprint density at radius 3 is 2.81 bits per heavy atom. The summed E-state index contributed by atoms with van der Waals surface area (Å²) in [5, 5.41) is 0. The van der Waals surface area contributed by atoms with Gasteiger partial charge in [-0.25, -0.2) is 0 Å². The van der Waals surface area contributed by atoms with Gasteiger partial charge < -0.3 is 9.47 Å². The summed E-state index contributed by atoms with van der Waals surface area (Å²) < 4.78 is 10.7. The maximum atomic E-state index is 10.9. The molecule has 3 nitrogen and oxygen atoms in total. The zero-order chi connectivity index (χ0) is 12.0. The maximum Gasteiger partial charge on any atom is 0.133 e. The Labute approximate surface area is 96.4 Å². The molecule has 0 radical (unpaired) electrons. The van der Waals surface area contributed by atoms with Crippen LogP contribution in [-0.2, 0) is 16.1 Å². The molecule has 0 amide bonds. The zero-order valence-corrected chi connectivity index (χ0v) is 10.0. The van der Waals surface area contributed by atoms with Crippen LogP contribution in [-0.4, -0.2) is 19.0 Å². The van der Waals surface area contributed by atoms with Gasteiger partial charge in [-0.1, -0.05) is 12.1 Å². The number of carbonyl (C=O) groups is 1. The van der Waals surface area contributed by atoms with Gasteiger partial charge in [-0.15, -0.1) is 0 Å². The zero-order valence-electron chi connectivity index (χ0n) is 10.0. The standard InChI is InChI=1S/C13H18O3/c1-10(14)7-11(2)16-13-6-4-5-12(8-13)9-15-3/h4-6,8,11H,7,9H2,1-3H3. The van der Waals surface area contributed by atoms with E-state index in [1.165, 1.54) is 0 Å². The molecule has 1 rings (SSSR count). The molecular formula is C13H18O3. The number of Topliss-reactive ketones (excluding diaryl/α,β-unsaturated/α-hetero) is 1. The SMILES string of the molecule is COCc1cccc(OC(C)CC(C)=O)c1. The van der Waals surface area contributed by atoms with Gasteiger partial charge in [0.25, 0.3) is 0 Å². The molecule has 0 aromatic heterocycles. The van der Waals surface area contributed by atoms with E-state index in [-0.39, 0.29) is 11.9 Å². The van der Waals surface area contributed by atoms with E-state index in [9.17, 15) is 4.79 Å². The topological polar surface area (TPSA) is 35.5 Å². The van der Waals surface area contributed by atoms with Gasteiger partial charge in [0.05, 0.1) is 6.61 Å². The number of ether oxygens (including phenoxy) is 2. The van der Waals surface area contributed by atoms with Gasteiger partial charge >= 0.3 is 0 Å². The number of carbonyl (C=O) groups excluding carboxylic acids is 1. The Kier molecular flexibility index (Phi) is 4.99. The molecule has 88 valence electrons. The molecule has 3 heteroatoms. The van der Waals surface area contributed by atoms with E-state index in [1.807, 2.05) is 31.2 Å². The fraction of sp³-hybridized carbons (Fsp3) is 0.462. The van der Waals surface area contributed by atoms with Gasteiger partial charge in [0, 0.05) is 13.5 Å². The lowest BCUT2D eigenvalue weighted by atomic mass is 10.2. The minimum absolute atomic E-state index is 0.0877. The van der Waals surface area contributed by atoms with Gasteiger partial charge in [0.1, 0.15) is 17.6 Å². The van der Waals surface area contributed by atoms with Crippen LogP contribution < -0.4 is 4.74 Å². The number of rotatable bonds is 6. The van der Waals surface area contributed by atoms with E-state index >= 15 is 0 Å². The fourth-order valence-corrected chi connectivity index (χ4v) is 1.55. The largest absolute Gasteiger partial charge is 0.490 e. The van der Waals surface area contributed by atoms with Crippen molar-refractivity contribution in [2.45, 2.75) is 33.0 Å². The molecule has 1 atom stereocenters. The van der Waals surface area contributed by atoms with Gasteiger partial charge in [-0.3, -0.25) is 4.79 Å². The second-order valence-electron chi connectivity index (χ2n) is 3.92. The highest BCUT2D eigenvalue weighted by molar-refractivity contribution is 5.75. The van der Waals surface area contributed by atoms with E-state index < -0.39 is 0 Å². The van der Waals surface area contributed by atoms with Crippen LogP contribution in [0.25, 0.3) is 0 Å². The van der Waals surface area contributed by atoms with Crippen molar-refractivity contribution in [1.29, 1.82) is 0 Å². The average molecular weight is 222 g/mol. The Morgan fingerprint density at radius 1 is 1.44 bits per heavy atom. The first-order chi connectivity index (χ1) is 7.61. The van der Waals surface area contributed by atoms with Crippen LogP contribution in [0.4, 0.5) is 0 Å². The van der Waals surface area contributed by atoms with Crippen molar-refractivity contribution in [3.63, 3.8) is 0 Å². The summed E-state index contributed by atoms with van der Waals surface area (Å²) >= 11 is 0. The third-order valence-electron chi connectivity index (χ3n) is 2.12. The van der Waals surface area contributed by atoms with Crippen LogP contribution >= 0.6 is 0 Å². The molecule has 0 aliphatic rings. The van der Waals surface area contributed by atoms with Crippen LogP contribution in [0, 0.1) is 0 Å². The van der Waals surface area contributed by atoms with Crippen molar-refractivity contribution in [3.05, 3.63) is 29.8 Å². The molecule has 0 saturated carbocycles. The normalized spacial score (nSPS) is 12.2. The van der Waals surface area contributed by atoms with Crippen LogP contribution in [0.15, 0.2) is 24.3 Å². The second-order valence-corrected chi connectivity index (χ2v) is 3.92. The highest BCUT2D eigenvalue weighted by Crippen LogP contribution is 2.16. The highest BCUT2D eigenvalue weighted by Gasteiger charge is 2.07. The molecular weight excluding hydrogens is 204 g/mol. The highest BCUT2D eigenvalue weighted by atomic mass is 16.5. The first-order valence-corrected chi connectivity index (χ1v) is 5.35. The molecule has 0 fully saturated rings. The molecule has 0 bridgehead atoms. The summed E-state index contributed by atoms with van der Waals surface area (Å²) in [5.41, 5.74) is 1.06. The van der Waals surface area contributed by atoms with E-state index in [0.717, 1.165) is 11.3 Å². The molecule has 0 heterocycles. The van der Waals surface area contributed by atoms with Gasteiger partial charge in [0.2, 0.25) is 0 Å². The van der Waals surface area contributed by atoms with Crippen molar-refractivity contribution in [3.8, 4) is 5.75 Å². The van der Waals surface area contributed by atoms with Crippen molar-refractivity contribution < 1.29 is 14.3 Å². The molecule has 16 heavy (non-hydrogen) atoms. The van der Waals surface area contributed by atoms with Crippen LogP contribution in [0.2, 0.25) is 0 Å². The number of hydrogen-bond acceptors (Lipinski definition) is 3. The molecule has 1 aromatic carbocycles. The molecule has 0 aliphatic carbocycles. The fourth-order valence-electron chi connectivity index (χ4n) is 1.55. The summed E-state index contributed by atoms with van der Waals surface area (Å²) in [4.78, 5) is 10.9. The van der Waals surface area contributed by atoms with Gasteiger partial charge in [-0.05, 0) is 31.5 Å². The lowest BCUT2D eigenvalue weighted by Gasteiger charge is -2.13. The van der Waals surface area contributed by atoms with E-state index in [4.69, 9.17) is 9.47 Å². The molecule has 1 unspecified atom stereocenters. The number of benzene rings is 1. The third kappa shape index (κ3) is 4.45.